The van der Waals surface area contributed by atoms with Gasteiger partial charge in [-0.3, -0.25) is 10.2 Å². The first kappa shape index (κ1) is 6.94. The largest absolute Gasteiger partial charge is 0.281 e. The van der Waals surface area contributed by atoms with Crippen LogP contribution in [-0.4, -0.2) is 11.2 Å². The average molecular weight is 168 g/mol. The van der Waals surface area contributed by atoms with E-state index in [9.17, 15) is 4.79 Å². The Hall–Kier alpha value is -0.740. The molecule has 0 radical (unpaired) electrons. The summed E-state index contributed by atoms with van der Waals surface area (Å²) in [7, 11) is 0. The van der Waals surface area contributed by atoms with Gasteiger partial charge in [0.05, 0.1) is 11.2 Å². The third-order valence-corrected chi connectivity index (χ3v) is 2.70. The van der Waals surface area contributed by atoms with Crippen molar-refractivity contribution in [1.82, 2.24) is 10.3 Å². The van der Waals surface area contributed by atoms with Crippen LogP contribution in [0.2, 0.25) is 0 Å². The molecule has 58 valence electrons. The van der Waals surface area contributed by atoms with Crippen LogP contribution in [-0.2, 0) is 4.79 Å². The maximum absolute atomic E-state index is 11.2. The van der Waals surface area contributed by atoms with Gasteiger partial charge >= 0.3 is 0 Å². The molecule has 3 nitrogen and oxygen atoms in total. The Morgan fingerprint density at radius 3 is 3.00 bits per heavy atom. The lowest BCUT2D eigenvalue weighted by Crippen LogP contribution is -2.47. The molecule has 0 spiro atoms. The normalized spacial score (nSPS) is 34.7. The Balaban J connectivity index is 2.20. The van der Waals surface area contributed by atoms with Crippen molar-refractivity contribution in [3.05, 3.63) is 24.3 Å². The van der Waals surface area contributed by atoms with Crippen LogP contribution in [0.1, 0.15) is 0 Å². The highest BCUT2D eigenvalue weighted by Gasteiger charge is 2.29. The zero-order chi connectivity index (χ0) is 7.68. The van der Waals surface area contributed by atoms with E-state index in [2.05, 4.69) is 10.3 Å². The van der Waals surface area contributed by atoms with Crippen LogP contribution >= 0.6 is 11.9 Å². The third kappa shape index (κ3) is 1.19. The van der Waals surface area contributed by atoms with Crippen LogP contribution < -0.4 is 10.3 Å². The summed E-state index contributed by atoms with van der Waals surface area (Å²) >= 11 is 1.53. The second-order valence-electron chi connectivity index (χ2n) is 2.47. The summed E-state index contributed by atoms with van der Waals surface area (Å²) < 4.78 is 0. The van der Waals surface area contributed by atoms with Gasteiger partial charge in [-0.2, -0.15) is 4.83 Å². The minimum atomic E-state index is 0.00579. The summed E-state index contributed by atoms with van der Waals surface area (Å²) in [4.78, 5) is 13.9. The lowest BCUT2D eigenvalue weighted by Gasteiger charge is -2.27. The van der Waals surface area contributed by atoms with Crippen molar-refractivity contribution in [2.24, 2.45) is 5.92 Å². The molecule has 1 aliphatic heterocycles. The van der Waals surface area contributed by atoms with Crippen molar-refractivity contribution >= 4 is 17.9 Å². The maximum atomic E-state index is 11.2. The Morgan fingerprint density at radius 2 is 2.18 bits per heavy atom. The lowest BCUT2D eigenvalue weighted by atomic mass is 10.00. The lowest BCUT2D eigenvalue weighted by molar-refractivity contribution is -0.124. The molecule has 1 saturated heterocycles. The van der Waals surface area contributed by atoms with Gasteiger partial charge in [0.1, 0.15) is 0 Å². The molecule has 0 bridgehead atoms. The SMILES string of the molecule is O=C1NNSC2C=CC=CC12. The van der Waals surface area contributed by atoms with Crippen LogP contribution in [0, 0.1) is 5.92 Å². The fourth-order valence-corrected chi connectivity index (χ4v) is 1.99. The van der Waals surface area contributed by atoms with E-state index in [-0.39, 0.29) is 17.1 Å². The molecule has 0 aromatic carbocycles. The van der Waals surface area contributed by atoms with E-state index >= 15 is 0 Å². The predicted molar refractivity (Wildman–Crippen MR) is 44.4 cm³/mol. The van der Waals surface area contributed by atoms with E-state index in [0.29, 0.717) is 0 Å². The molecule has 11 heavy (non-hydrogen) atoms. The van der Waals surface area contributed by atoms with Crippen molar-refractivity contribution < 1.29 is 4.79 Å². The number of carbonyl (C=O) groups excluding carboxylic acids is 1. The number of allylic oxidation sites excluding steroid dienone is 2. The number of carbonyl (C=O) groups is 1. The molecule has 0 saturated carbocycles. The van der Waals surface area contributed by atoms with E-state index in [1.54, 1.807) is 0 Å². The molecule has 1 heterocycles. The number of fused-ring (bicyclic) bond motifs is 1. The topological polar surface area (TPSA) is 41.1 Å². The quantitative estimate of drug-likeness (QED) is 0.514. The van der Waals surface area contributed by atoms with Gasteiger partial charge in [0.25, 0.3) is 0 Å². The fourth-order valence-electron chi connectivity index (χ4n) is 1.17. The third-order valence-electron chi connectivity index (χ3n) is 1.76. The van der Waals surface area contributed by atoms with E-state index in [1.165, 1.54) is 11.9 Å². The van der Waals surface area contributed by atoms with Gasteiger partial charge in [-0.1, -0.05) is 36.3 Å². The van der Waals surface area contributed by atoms with Gasteiger partial charge in [-0.25, -0.2) is 0 Å². The van der Waals surface area contributed by atoms with Crippen LogP contribution in [0.15, 0.2) is 24.3 Å². The van der Waals surface area contributed by atoms with E-state index in [4.69, 9.17) is 0 Å². The van der Waals surface area contributed by atoms with Gasteiger partial charge in [0.2, 0.25) is 5.91 Å². The van der Waals surface area contributed by atoms with Crippen molar-refractivity contribution in [2.45, 2.75) is 5.25 Å². The van der Waals surface area contributed by atoms with Gasteiger partial charge in [-0.05, 0) is 0 Å². The van der Waals surface area contributed by atoms with E-state index in [0.717, 1.165) is 0 Å². The van der Waals surface area contributed by atoms with Gasteiger partial charge < -0.3 is 0 Å². The zero-order valence-electron chi connectivity index (χ0n) is 5.78. The first-order chi connectivity index (χ1) is 5.38. The molecule has 0 aromatic rings. The van der Waals surface area contributed by atoms with Gasteiger partial charge in [0, 0.05) is 0 Å². The molecule has 1 fully saturated rings. The number of hydrogen-bond acceptors (Lipinski definition) is 3. The first-order valence-corrected chi connectivity index (χ1v) is 4.31. The average Bonchev–Trinajstić information content (AvgIpc) is 2.06. The second-order valence-corrected chi connectivity index (χ2v) is 3.45. The van der Waals surface area contributed by atoms with Crippen molar-refractivity contribution in [3.8, 4) is 0 Å². The van der Waals surface area contributed by atoms with E-state index < -0.39 is 0 Å². The van der Waals surface area contributed by atoms with Crippen molar-refractivity contribution in [3.63, 3.8) is 0 Å². The number of amides is 1. The Kier molecular flexibility index (Phi) is 1.71. The standard InChI is InChI=1S/C7H8N2OS/c10-7-5-3-1-2-4-6(5)11-9-8-7/h1-6,9H,(H,8,10). The molecular weight excluding hydrogens is 160 g/mol. The first-order valence-electron chi connectivity index (χ1n) is 3.43. The molecular formula is C7H8N2OS. The van der Waals surface area contributed by atoms with Gasteiger partial charge in [-0.15, -0.1) is 0 Å². The summed E-state index contributed by atoms with van der Waals surface area (Å²) in [5.74, 6) is 0.0561. The van der Waals surface area contributed by atoms with Crippen LogP contribution in [0.5, 0.6) is 0 Å². The molecule has 0 aromatic heterocycles. The highest BCUT2D eigenvalue weighted by molar-refractivity contribution is 7.98. The summed E-state index contributed by atoms with van der Waals surface area (Å²) in [6.07, 6.45) is 7.83. The second kappa shape index (κ2) is 2.71. The summed E-state index contributed by atoms with van der Waals surface area (Å²) in [6, 6.07) is 0. The van der Waals surface area contributed by atoms with Crippen molar-refractivity contribution in [1.29, 1.82) is 0 Å². The molecule has 2 aliphatic rings. The van der Waals surface area contributed by atoms with Crippen LogP contribution in [0.25, 0.3) is 0 Å². The number of rotatable bonds is 0. The highest BCUT2D eigenvalue weighted by atomic mass is 32.2. The number of hydrazine groups is 1. The van der Waals surface area contributed by atoms with Crippen LogP contribution in [0.3, 0.4) is 0 Å². The molecule has 2 unspecified atom stereocenters. The maximum Gasteiger partial charge on any atom is 0.243 e. The predicted octanol–water partition coefficient (Wildman–Crippen LogP) is 0.380. The fraction of sp³-hybridized carbons (Fsp3) is 0.286. The summed E-state index contributed by atoms with van der Waals surface area (Å²) in [6.45, 7) is 0. The highest BCUT2D eigenvalue weighted by Crippen LogP contribution is 2.25. The summed E-state index contributed by atoms with van der Waals surface area (Å²) in [5, 5.41) is 0.258. The Morgan fingerprint density at radius 1 is 1.36 bits per heavy atom. The minimum absolute atomic E-state index is 0.00579. The molecule has 2 rings (SSSR count). The number of hydrogen-bond donors (Lipinski definition) is 2. The van der Waals surface area contributed by atoms with Gasteiger partial charge in [0.15, 0.2) is 0 Å². The Labute approximate surface area is 69.0 Å². The monoisotopic (exact) mass is 168 g/mol. The molecule has 2 atom stereocenters. The minimum Gasteiger partial charge on any atom is -0.281 e. The van der Waals surface area contributed by atoms with E-state index in [1.807, 2.05) is 24.3 Å². The summed E-state index contributed by atoms with van der Waals surface area (Å²) in [5.41, 5.74) is 2.57. The smallest absolute Gasteiger partial charge is 0.243 e. The number of nitrogens with one attached hydrogen (secondary N) is 2. The Bertz CT molecular complexity index is 237. The molecule has 4 heteroatoms. The van der Waals surface area contributed by atoms with Crippen LogP contribution in [0.4, 0.5) is 0 Å². The van der Waals surface area contributed by atoms with Crippen molar-refractivity contribution in [2.75, 3.05) is 0 Å². The molecule has 1 aliphatic carbocycles. The molecule has 2 N–H and O–H groups in total. The zero-order valence-corrected chi connectivity index (χ0v) is 6.60. The molecule has 1 amide bonds.